The van der Waals surface area contributed by atoms with Gasteiger partial charge in [-0.25, -0.2) is 9.97 Å². The summed E-state index contributed by atoms with van der Waals surface area (Å²) in [7, 11) is 0. The summed E-state index contributed by atoms with van der Waals surface area (Å²) in [4.78, 5) is 10.1. The topological polar surface area (TPSA) is 25.8 Å². The molecular formula is C35H24N2S. The Morgan fingerprint density at radius 3 is 1.79 bits per heavy atom. The van der Waals surface area contributed by atoms with E-state index < -0.39 is 0 Å². The van der Waals surface area contributed by atoms with E-state index in [1.807, 2.05) is 47.7 Å². The van der Waals surface area contributed by atoms with Crippen LogP contribution in [0, 0.1) is 6.92 Å². The maximum absolute atomic E-state index is 5.03. The summed E-state index contributed by atoms with van der Waals surface area (Å²) in [5.74, 6) is 0.739. The highest BCUT2D eigenvalue weighted by Gasteiger charge is 2.14. The summed E-state index contributed by atoms with van der Waals surface area (Å²) in [6, 6.07) is 44.8. The van der Waals surface area contributed by atoms with E-state index in [1.54, 1.807) is 0 Å². The quantitative estimate of drug-likeness (QED) is 0.238. The third kappa shape index (κ3) is 4.07. The van der Waals surface area contributed by atoms with E-state index in [2.05, 4.69) is 97.9 Å². The molecule has 0 fully saturated rings. The molecule has 0 aliphatic heterocycles. The molecule has 0 unspecified atom stereocenters. The number of thiophene rings is 1. The Hall–Kier alpha value is -4.60. The fourth-order valence-electron chi connectivity index (χ4n) is 4.99. The number of hydrogen-bond donors (Lipinski definition) is 0. The number of aromatic nitrogens is 2. The van der Waals surface area contributed by atoms with E-state index in [0.29, 0.717) is 0 Å². The number of hydrogen-bond acceptors (Lipinski definition) is 3. The molecule has 38 heavy (non-hydrogen) atoms. The van der Waals surface area contributed by atoms with Crippen LogP contribution < -0.4 is 0 Å². The highest BCUT2D eigenvalue weighted by molar-refractivity contribution is 7.26. The lowest BCUT2D eigenvalue weighted by Gasteiger charge is -2.09. The molecule has 0 bridgehead atoms. The van der Waals surface area contributed by atoms with Crippen LogP contribution in [0.25, 0.3) is 65.2 Å². The van der Waals surface area contributed by atoms with Crippen molar-refractivity contribution in [2.75, 3.05) is 0 Å². The van der Waals surface area contributed by atoms with Crippen LogP contribution in [0.5, 0.6) is 0 Å². The average Bonchev–Trinajstić information content (AvgIpc) is 3.36. The van der Waals surface area contributed by atoms with Gasteiger partial charge in [-0.1, -0.05) is 121 Å². The van der Waals surface area contributed by atoms with Crippen molar-refractivity contribution >= 4 is 31.5 Å². The fraction of sp³-hybridized carbons (Fsp3) is 0.0286. The van der Waals surface area contributed by atoms with Gasteiger partial charge in [-0.15, -0.1) is 11.3 Å². The van der Waals surface area contributed by atoms with Crippen molar-refractivity contribution < 1.29 is 0 Å². The van der Waals surface area contributed by atoms with Crippen LogP contribution in [-0.4, -0.2) is 9.97 Å². The smallest absolute Gasteiger partial charge is 0.160 e. The van der Waals surface area contributed by atoms with Gasteiger partial charge >= 0.3 is 0 Å². The van der Waals surface area contributed by atoms with E-state index in [0.717, 1.165) is 33.9 Å². The monoisotopic (exact) mass is 504 g/mol. The summed E-state index contributed by atoms with van der Waals surface area (Å²) in [6.07, 6.45) is 0. The highest BCUT2D eigenvalue weighted by atomic mass is 32.1. The zero-order valence-electron chi connectivity index (χ0n) is 20.9. The molecule has 0 N–H and O–H groups in total. The van der Waals surface area contributed by atoms with Crippen LogP contribution in [0.1, 0.15) is 5.56 Å². The summed E-state index contributed by atoms with van der Waals surface area (Å²) in [5.41, 5.74) is 8.84. The summed E-state index contributed by atoms with van der Waals surface area (Å²) >= 11 is 1.84. The Balaban J connectivity index is 1.40. The van der Waals surface area contributed by atoms with Crippen LogP contribution in [-0.2, 0) is 0 Å². The van der Waals surface area contributed by atoms with Gasteiger partial charge in [-0.3, -0.25) is 0 Å². The van der Waals surface area contributed by atoms with Gasteiger partial charge in [0.05, 0.1) is 11.4 Å². The molecule has 5 aromatic carbocycles. The Bertz CT molecular complexity index is 1850. The molecule has 0 aliphatic carbocycles. The second-order valence-corrected chi connectivity index (χ2v) is 10.6. The second kappa shape index (κ2) is 9.37. The van der Waals surface area contributed by atoms with Gasteiger partial charge in [0, 0.05) is 36.9 Å². The molecule has 2 heterocycles. The predicted octanol–water partition coefficient (Wildman–Crippen LogP) is 9.82. The molecule has 0 saturated carbocycles. The van der Waals surface area contributed by atoms with Gasteiger partial charge in [-0.05, 0) is 30.2 Å². The maximum atomic E-state index is 5.03. The van der Waals surface area contributed by atoms with Crippen LogP contribution >= 0.6 is 11.3 Å². The molecule has 0 atom stereocenters. The standard InChI is InChI=1S/C35H24N2S/c1-23-15-17-24(18-16-23)28-13-8-14-30-29-20-19-27(21-33(29)38-34(28)30)35-36-31(25-9-4-2-5-10-25)22-32(37-35)26-11-6-3-7-12-26/h2-22H,1H3. The van der Waals surface area contributed by atoms with Crippen molar-refractivity contribution in [1.29, 1.82) is 0 Å². The van der Waals surface area contributed by atoms with Gasteiger partial charge in [0.25, 0.3) is 0 Å². The van der Waals surface area contributed by atoms with Crippen molar-refractivity contribution in [2.24, 2.45) is 0 Å². The van der Waals surface area contributed by atoms with Gasteiger partial charge in [0.1, 0.15) is 0 Å². The Labute approximate surface area is 225 Å². The largest absolute Gasteiger partial charge is 0.228 e. The Morgan fingerprint density at radius 2 is 1.13 bits per heavy atom. The lowest BCUT2D eigenvalue weighted by molar-refractivity contribution is 1.18. The lowest BCUT2D eigenvalue weighted by atomic mass is 10.0. The lowest BCUT2D eigenvalue weighted by Crippen LogP contribution is -1.95. The van der Waals surface area contributed by atoms with Crippen molar-refractivity contribution in [2.45, 2.75) is 6.92 Å². The molecule has 180 valence electrons. The molecule has 3 heteroatoms. The van der Waals surface area contributed by atoms with E-state index in [4.69, 9.17) is 9.97 Å². The molecule has 7 aromatic rings. The normalized spacial score (nSPS) is 11.3. The number of fused-ring (bicyclic) bond motifs is 3. The van der Waals surface area contributed by atoms with E-state index in [1.165, 1.54) is 36.9 Å². The zero-order valence-corrected chi connectivity index (χ0v) is 21.7. The average molecular weight is 505 g/mol. The van der Waals surface area contributed by atoms with Crippen molar-refractivity contribution in [1.82, 2.24) is 9.97 Å². The first-order chi connectivity index (χ1) is 18.7. The first-order valence-corrected chi connectivity index (χ1v) is 13.6. The van der Waals surface area contributed by atoms with Crippen molar-refractivity contribution in [3.63, 3.8) is 0 Å². The summed E-state index contributed by atoms with van der Waals surface area (Å²) in [5, 5.41) is 2.56. The molecule has 0 spiro atoms. The van der Waals surface area contributed by atoms with Crippen molar-refractivity contribution in [3.05, 3.63) is 133 Å². The summed E-state index contributed by atoms with van der Waals surface area (Å²) in [6.45, 7) is 2.13. The van der Waals surface area contributed by atoms with E-state index in [9.17, 15) is 0 Å². The minimum absolute atomic E-state index is 0.739. The SMILES string of the molecule is Cc1ccc(-c2cccc3c2sc2cc(-c4nc(-c5ccccc5)cc(-c5ccccc5)n4)ccc23)cc1. The minimum atomic E-state index is 0.739. The maximum Gasteiger partial charge on any atom is 0.160 e. The molecule has 2 aromatic heterocycles. The van der Waals surface area contributed by atoms with E-state index >= 15 is 0 Å². The van der Waals surface area contributed by atoms with Gasteiger partial charge in [-0.2, -0.15) is 0 Å². The van der Waals surface area contributed by atoms with Crippen LogP contribution in [0.3, 0.4) is 0 Å². The Kier molecular flexibility index (Phi) is 5.57. The van der Waals surface area contributed by atoms with Gasteiger partial charge < -0.3 is 0 Å². The highest BCUT2D eigenvalue weighted by Crippen LogP contribution is 2.41. The first kappa shape index (κ1) is 22.6. The second-order valence-electron chi connectivity index (χ2n) is 9.56. The zero-order chi connectivity index (χ0) is 25.5. The number of rotatable bonds is 4. The number of benzene rings is 5. The minimum Gasteiger partial charge on any atom is -0.228 e. The fourth-order valence-corrected chi connectivity index (χ4v) is 6.27. The van der Waals surface area contributed by atoms with Gasteiger partial charge in [0.15, 0.2) is 5.82 Å². The number of nitrogens with zero attached hydrogens (tertiary/aromatic N) is 2. The molecule has 0 aliphatic rings. The Morgan fingerprint density at radius 1 is 0.500 bits per heavy atom. The van der Waals surface area contributed by atoms with E-state index in [-0.39, 0.29) is 0 Å². The molecule has 0 saturated heterocycles. The molecular weight excluding hydrogens is 480 g/mol. The third-order valence-corrected chi connectivity index (χ3v) is 8.19. The number of aryl methyl sites for hydroxylation is 1. The van der Waals surface area contributed by atoms with Crippen LogP contribution in [0.4, 0.5) is 0 Å². The van der Waals surface area contributed by atoms with Crippen LogP contribution in [0.2, 0.25) is 0 Å². The molecule has 2 nitrogen and oxygen atoms in total. The summed E-state index contributed by atoms with van der Waals surface area (Å²) < 4.78 is 2.56. The van der Waals surface area contributed by atoms with Crippen molar-refractivity contribution in [3.8, 4) is 45.0 Å². The predicted molar refractivity (Wildman–Crippen MR) is 161 cm³/mol. The molecule has 0 amide bonds. The molecule has 7 rings (SSSR count). The van der Waals surface area contributed by atoms with Gasteiger partial charge in [0.2, 0.25) is 0 Å². The third-order valence-electron chi connectivity index (χ3n) is 6.98. The first-order valence-electron chi connectivity index (χ1n) is 12.8. The van der Waals surface area contributed by atoms with Crippen LogP contribution in [0.15, 0.2) is 127 Å². The molecule has 0 radical (unpaired) electrons.